The molecule has 0 atom stereocenters. The van der Waals surface area contributed by atoms with Crippen LogP contribution in [0, 0.1) is 10.1 Å². The van der Waals surface area contributed by atoms with E-state index in [0.717, 1.165) is 19.0 Å². The van der Waals surface area contributed by atoms with E-state index in [1.807, 2.05) is 0 Å². The van der Waals surface area contributed by atoms with Gasteiger partial charge in [-0.25, -0.2) is 13.4 Å². The van der Waals surface area contributed by atoms with Crippen LogP contribution < -0.4 is 10.1 Å². The summed E-state index contributed by atoms with van der Waals surface area (Å²) in [6.07, 6.45) is 3.78. The summed E-state index contributed by atoms with van der Waals surface area (Å²) in [6, 6.07) is 5.75. The maximum atomic E-state index is 11.6. The number of likely N-dealkylation sites (tertiary alicyclic amines) is 1. The summed E-state index contributed by atoms with van der Waals surface area (Å²) in [5.74, 6) is -0.234. The van der Waals surface area contributed by atoms with Gasteiger partial charge in [-0.05, 0) is 24.3 Å². The molecule has 1 aromatic carbocycles. The van der Waals surface area contributed by atoms with Gasteiger partial charge in [0.1, 0.15) is 12.4 Å². The predicted molar refractivity (Wildman–Crippen MR) is 103 cm³/mol. The zero-order chi connectivity index (χ0) is 21.0. The summed E-state index contributed by atoms with van der Waals surface area (Å²) in [6.45, 7) is 1.01. The number of hydrogen-bond donors (Lipinski definition) is 1. The molecule has 0 saturated carbocycles. The Hall–Kier alpha value is -3.28. The molecule has 1 saturated heterocycles. The Labute approximate surface area is 166 Å². The third kappa shape index (κ3) is 4.96. The van der Waals surface area contributed by atoms with Gasteiger partial charge in [-0.3, -0.25) is 14.9 Å². The van der Waals surface area contributed by atoms with Gasteiger partial charge in [0.05, 0.1) is 9.82 Å². The van der Waals surface area contributed by atoms with Crippen LogP contribution in [-0.2, 0) is 14.6 Å². The fourth-order valence-electron chi connectivity index (χ4n) is 2.88. The lowest BCUT2D eigenvalue weighted by molar-refractivity contribution is -0.385. The van der Waals surface area contributed by atoms with E-state index in [1.54, 1.807) is 4.90 Å². The largest absolute Gasteiger partial charge is 0.469 e. The highest BCUT2D eigenvalue weighted by atomic mass is 32.2. The van der Waals surface area contributed by atoms with Gasteiger partial charge in [0.25, 0.3) is 5.88 Å². The van der Waals surface area contributed by atoms with Crippen molar-refractivity contribution in [1.82, 2.24) is 14.9 Å². The number of ether oxygens (including phenoxy) is 1. The number of hydrogen-bond acceptors (Lipinski definition) is 9. The molecule has 1 fully saturated rings. The van der Waals surface area contributed by atoms with Crippen LogP contribution in [0.4, 0.5) is 17.2 Å². The molecule has 0 unspecified atom stereocenters. The van der Waals surface area contributed by atoms with E-state index >= 15 is 0 Å². The first-order valence-electron chi connectivity index (χ1n) is 8.70. The molecular formula is C17H19N5O6S. The van der Waals surface area contributed by atoms with Crippen molar-refractivity contribution in [2.75, 3.05) is 24.7 Å². The van der Waals surface area contributed by atoms with Gasteiger partial charge in [-0.1, -0.05) is 0 Å². The van der Waals surface area contributed by atoms with E-state index in [9.17, 15) is 23.3 Å². The van der Waals surface area contributed by atoms with Gasteiger partial charge >= 0.3 is 5.69 Å². The summed E-state index contributed by atoms with van der Waals surface area (Å²) in [4.78, 5) is 31.4. The minimum absolute atomic E-state index is 0.0718. The fraction of sp³-hybridized carbons (Fsp3) is 0.353. The average molecular weight is 421 g/mol. The summed E-state index contributed by atoms with van der Waals surface area (Å²) in [5, 5.41) is 14.4. The molecule has 1 aromatic heterocycles. The maximum absolute atomic E-state index is 11.6. The van der Waals surface area contributed by atoms with E-state index in [1.165, 1.54) is 24.3 Å². The third-order valence-corrected chi connectivity index (χ3v) is 5.55. The second-order valence-electron chi connectivity index (χ2n) is 6.51. The topological polar surface area (TPSA) is 145 Å². The number of sulfone groups is 1. The Morgan fingerprint density at radius 1 is 1.24 bits per heavy atom. The van der Waals surface area contributed by atoms with E-state index in [-0.39, 0.29) is 22.7 Å². The lowest BCUT2D eigenvalue weighted by Crippen LogP contribution is -2.37. The normalized spacial score (nSPS) is 15.0. The van der Waals surface area contributed by atoms with Crippen molar-refractivity contribution in [3.63, 3.8) is 0 Å². The lowest BCUT2D eigenvalue weighted by Gasteiger charge is -2.29. The Morgan fingerprint density at radius 2 is 1.90 bits per heavy atom. The lowest BCUT2D eigenvalue weighted by atomic mass is 10.1. The van der Waals surface area contributed by atoms with Crippen LogP contribution in [0.2, 0.25) is 0 Å². The Morgan fingerprint density at radius 3 is 2.45 bits per heavy atom. The molecule has 0 aliphatic carbocycles. The zero-order valence-corrected chi connectivity index (χ0v) is 16.3. The minimum atomic E-state index is -3.35. The molecule has 2 heterocycles. The Balaban J connectivity index is 1.81. The standard InChI is InChI=1S/C17H19N5O6S/c1-29(26,27)14-4-2-12(3-5-14)20-16-15(22(24)25)17(19-10-18-16)28-13-6-8-21(11-23)9-7-13/h2-5,10-11,13H,6-9H2,1H3,(H,18,19,20). The number of carbonyl (C=O) groups excluding carboxylic acids is 1. The molecule has 1 aliphatic rings. The van der Waals surface area contributed by atoms with E-state index in [4.69, 9.17) is 4.74 Å². The monoisotopic (exact) mass is 421 g/mol. The van der Waals surface area contributed by atoms with Crippen molar-refractivity contribution in [3.05, 3.63) is 40.7 Å². The van der Waals surface area contributed by atoms with Crippen LogP contribution in [-0.4, -0.2) is 60.1 Å². The molecule has 11 nitrogen and oxygen atoms in total. The molecule has 2 aromatic rings. The highest BCUT2D eigenvalue weighted by molar-refractivity contribution is 7.90. The molecule has 0 bridgehead atoms. The Kier molecular flexibility index (Phi) is 5.92. The molecular weight excluding hydrogens is 402 g/mol. The van der Waals surface area contributed by atoms with Gasteiger partial charge in [-0.2, -0.15) is 4.98 Å². The quantitative estimate of drug-likeness (QED) is 0.399. The van der Waals surface area contributed by atoms with Crippen LogP contribution in [0.1, 0.15) is 12.8 Å². The number of benzene rings is 1. The summed E-state index contributed by atoms with van der Waals surface area (Å²) in [7, 11) is -3.35. The van der Waals surface area contributed by atoms with Crippen molar-refractivity contribution in [2.45, 2.75) is 23.8 Å². The summed E-state index contributed by atoms with van der Waals surface area (Å²) in [5.41, 5.74) is 0.00180. The summed E-state index contributed by atoms with van der Waals surface area (Å²) < 4.78 is 28.8. The third-order valence-electron chi connectivity index (χ3n) is 4.42. The number of nitrogens with one attached hydrogen (secondary N) is 1. The first-order chi connectivity index (χ1) is 13.8. The molecule has 1 amide bonds. The van der Waals surface area contributed by atoms with Gasteiger partial charge in [0, 0.05) is 37.9 Å². The van der Waals surface area contributed by atoms with Crippen molar-refractivity contribution >= 4 is 33.4 Å². The smallest absolute Gasteiger partial charge is 0.373 e. The zero-order valence-electron chi connectivity index (χ0n) is 15.5. The first-order valence-corrected chi connectivity index (χ1v) is 10.6. The van der Waals surface area contributed by atoms with Crippen LogP contribution in [0.5, 0.6) is 5.88 Å². The van der Waals surface area contributed by atoms with Crippen molar-refractivity contribution in [2.24, 2.45) is 0 Å². The molecule has 154 valence electrons. The SMILES string of the molecule is CS(=O)(=O)c1ccc(Nc2ncnc(OC3CCN(C=O)CC3)c2[N+](=O)[O-])cc1. The number of piperidine rings is 1. The second kappa shape index (κ2) is 8.39. The van der Waals surface area contributed by atoms with Gasteiger partial charge in [0.15, 0.2) is 9.84 Å². The van der Waals surface area contributed by atoms with Gasteiger partial charge in [-0.15, -0.1) is 0 Å². The molecule has 3 rings (SSSR count). The van der Waals surface area contributed by atoms with Gasteiger partial charge in [0.2, 0.25) is 12.2 Å². The van der Waals surface area contributed by atoms with Crippen molar-refractivity contribution in [3.8, 4) is 5.88 Å². The number of rotatable bonds is 7. The van der Waals surface area contributed by atoms with Crippen LogP contribution in [0.3, 0.4) is 0 Å². The molecule has 1 aliphatic heterocycles. The number of amides is 1. The maximum Gasteiger partial charge on any atom is 0.373 e. The number of nitro groups is 1. The highest BCUT2D eigenvalue weighted by Gasteiger charge is 2.28. The fourth-order valence-corrected chi connectivity index (χ4v) is 3.51. The molecule has 0 spiro atoms. The average Bonchev–Trinajstić information content (AvgIpc) is 2.68. The Bertz CT molecular complexity index is 1000. The predicted octanol–water partition coefficient (Wildman–Crippen LogP) is 1.53. The van der Waals surface area contributed by atoms with E-state index in [0.29, 0.717) is 31.6 Å². The van der Waals surface area contributed by atoms with Crippen molar-refractivity contribution < 1.29 is 22.9 Å². The number of nitrogens with zero attached hydrogens (tertiary/aromatic N) is 4. The number of anilines is 2. The first kappa shape index (κ1) is 20.5. The molecule has 0 radical (unpaired) electrons. The van der Waals surface area contributed by atoms with Crippen LogP contribution in [0.25, 0.3) is 0 Å². The summed E-state index contributed by atoms with van der Waals surface area (Å²) >= 11 is 0. The second-order valence-corrected chi connectivity index (χ2v) is 8.53. The number of aromatic nitrogens is 2. The highest BCUT2D eigenvalue weighted by Crippen LogP contribution is 2.34. The van der Waals surface area contributed by atoms with Gasteiger partial charge < -0.3 is 15.0 Å². The van der Waals surface area contributed by atoms with E-state index in [2.05, 4.69) is 15.3 Å². The van der Waals surface area contributed by atoms with Crippen LogP contribution in [0.15, 0.2) is 35.5 Å². The molecule has 1 N–H and O–H groups in total. The van der Waals surface area contributed by atoms with Crippen LogP contribution >= 0.6 is 0 Å². The van der Waals surface area contributed by atoms with E-state index < -0.39 is 20.4 Å². The van der Waals surface area contributed by atoms with Crippen molar-refractivity contribution in [1.29, 1.82) is 0 Å². The molecule has 12 heteroatoms. The molecule has 29 heavy (non-hydrogen) atoms. The number of carbonyl (C=O) groups is 1. The minimum Gasteiger partial charge on any atom is -0.469 e.